The quantitative estimate of drug-likeness (QED) is 0.658. The molecular formula is C20H23N3O5S. The summed E-state index contributed by atoms with van der Waals surface area (Å²) in [6.07, 6.45) is 0. The topological polar surface area (TPSA) is 111 Å². The molecule has 0 fully saturated rings. The van der Waals surface area contributed by atoms with Crippen LogP contribution in [0.15, 0.2) is 45.7 Å². The van der Waals surface area contributed by atoms with Crippen molar-refractivity contribution in [1.82, 2.24) is 9.71 Å². The fraction of sp³-hybridized carbons (Fsp3) is 0.300. The number of nitrogens with zero attached hydrogens (tertiary/aromatic N) is 1. The average molecular weight is 417 g/mol. The molecule has 9 heteroatoms. The molecule has 8 nitrogen and oxygen atoms in total. The SMILES string of the molecule is COc1ccc(C(=O)Nc2ccc3oc(C)nc3c2)cc1S(=O)(=O)NC(C)(C)C. The Bertz CT molecular complexity index is 1180. The molecule has 1 amide bonds. The average Bonchev–Trinajstić information content (AvgIpc) is 2.98. The van der Waals surface area contributed by atoms with Crippen molar-refractivity contribution < 1.29 is 22.4 Å². The molecule has 154 valence electrons. The van der Waals surface area contributed by atoms with E-state index >= 15 is 0 Å². The minimum Gasteiger partial charge on any atom is -0.495 e. The van der Waals surface area contributed by atoms with Gasteiger partial charge in [0.05, 0.1) is 7.11 Å². The number of amides is 1. The van der Waals surface area contributed by atoms with Crippen molar-refractivity contribution in [3.63, 3.8) is 0 Å². The molecule has 0 aliphatic carbocycles. The molecule has 0 bridgehead atoms. The van der Waals surface area contributed by atoms with Crippen molar-refractivity contribution in [3.05, 3.63) is 47.9 Å². The molecule has 0 saturated heterocycles. The second-order valence-corrected chi connectivity index (χ2v) is 9.24. The summed E-state index contributed by atoms with van der Waals surface area (Å²) in [4.78, 5) is 16.8. The van der Waals surface area contributed by atoms with Crippen molar-refractivity contribution in [1.29, 1.82) is 0 Å². The highest BCUT2D eigenvalue weighted by atomic mass is 32.2. The van der Waals surface area contributed by atoms with Gasteiger partial charge in [-0.2, -0.15) is 0 Å². The summed E-state index contributed by atoms with van der Waals surface area (Å²) in [6.45, 7) is 6.93. The molecule has 3 aromatic rings. The first-order valence-corrected chi connectivity index (χ1v) is 10.4. The Kier molecular flexibility index (Phi) is 5.38. The lowest BCUT2D eigenvalue weighted by Crippen LogP contribution is -2.40. The maximum absolute atomic E-state index is 12.8. The lowest BCUT2D eigenvalue weighted by Gasteiger charge is -2.21. The van der Waals surface area contributed by atoms with E-state index in [-0.39, 0.29) is 16.2 Å². The molecular weight excluding hydrogens is 394 g/mol. The zero-order valence-electron chi connectivity index (χ0n) is 16.9. The van der Waals surface area contributed by atoms with Crippen molar-refractivity contribution in [3.8, 4) is 5.75 Å². The van der Waals surface area contributed by atoms with Gasteiger partial charge < -0.3 is 14.5 Å². The minimum atomic E-state index is -3.89. The number of benzene rings is 2. The largest absolute Gasteiger partial charge is 0.495 e. The van der Waals surface area contributed by atoms with Gasteiger partial charge in [-0.3, -0.25) is 4.79 Å². The highest BCUT2D eigenvalue weighted by Gasteiger charge is 2.26. The van der Waals surface area contributed by atoms with E-state index in [1.807, 2.05) is 0 Å². The number of sulfonamides is 1. The van der Waals surface area contributed by atoms with Gasteiger partial charge in [0.1, 0.15) is 16.2 Å². The zero-order chi connectivity index (χ0) is 21.4. The van der Waals surface area contributed by atoms with Crippen LogP contribution < -0.4 is 14.8 Å². The van der Waals surface area contributed by atoms with E-state index in [9.17, 15) is 13.2 Å². The third kappa shape index (κ3) is 4.75. The second kappa shape index (κ2) is 7.49. The Labute approximate surface area is 169 Å². The number of nitrogens with one attached hydrogen (secondary N) is 2. The summed E-state index contributed by atoms with van der Waals surface area (Å²) in [5.41, 5.74) is 1.24. The molecule has 0 spiro atoms. The second-order valence-electron chi connectivity index (χ2n) is 7.59. The van der Waals surface area contributed by atoms with Gasteiger partial charge in [0, 0.05) is 23.7 Å². The van der Waals surface area contributed by atoms with E-state index in [0.29, 0.717) is 22.7 Å². The molecule has 0 aliphatic rings. The van der Waals surface area contributed by atoms with Crippen LogP contribution in [0.4, 0.5) is 5.69 Å². The maximum atomic E-state index is 12.8. The van der Waals surface area contributed by atoms with E-state index in [1.54, 1.807) is 45.9 Å². The monoisotopic (exact) mass is 417 g/mol. The Morgan fingerprint density at radius 1 is 1.14 bits per heavy atom. The fourth-order valence-electron chi connectivity index (χ4n) is 2.81. The number of hydrogen-bond donors (Lipinski definition) is 2. The highest BCUT2D eigenvalue weighted by molar-refractivity contribution is 7.89. The summed E-state index contributed by atoms with van der Waals surface area (Å²) in [7, 11) is -2.52. The lowest BCUT2D eigenvalue weighted by molar-refractivity contribution is 0.102. The first-order chi connectivity index (χ1) is 13.5. The van der Waals surface area contributed by atoms with Crippen molar-refractivity contribution in [2.24, 2.45) is 0 Å². The molecule has 3 rings (SSSR count). The number of ether oxygens (including phenoxy) is 1. The lowest BCUT2D eigenvalue weighted by atomic mass is 10.1. The maximum Gasteiger partial charge on any atom is 0.255 e. The summed E-state index contributed by atoms with van der Waals surface area (Å²) in [6, 6.07) is 9.34. The van der Waals surface area contributed by atoms with Gasteiger partial charge in [-0.05, 0) is 57.2 Å². The van der Waals surface area contributed by atoms with Crippen LogP contribution in [0.25, 0.3) is 11.1 Å². The number of anilines is 1. The fourth-order valence-corrected chi connectivity index (χ4v) is 4.42. The molecule has 0 saturated carbocycles. The van der Waals surface area contributed by atoms with Crippen LogP contribution in [-0.2, 0) is 10.0 Å². The first-order valence-electron chi connectivity index (χ1n) is 8.89. The molecule has 2 N–H and O–H groups in total. The van der Waals surface area contributed by atoms with Gasteiger partial charge in [0.15, 0.2) is 11.5 Å². The molecule has 1 aromatic heterocycles. The van der Waals surface area contributed by atoms with E-state index in [2.05, 4.69) is 15.0 Å². The Morgan fingerprint density at radius 2 is 1.86 bits per heavy atom. The van der Waals surface area contributed by atoms with Gasteiger partial charge in [0.2, 0.25) is 10.0 Å². The third-order valence-electron chi connectivity index (χ3n) is 3.91. The highest BCUT2D eigenvalue weighted by Crippen LogP contribution is 2.27. The predicted octanol–water partition coefficient (Wildman–Crippen LogP) is 3.47. The minimum absolute atomic E-state index is 0.106. The van der Waals surface area contributed by atoms with Crippen LogP contribution in [0, 0.1) is 6.92 Å². The number of carbonyl (C=O) groups is 1. The van der Waals surface area contributed by atoms with Crippen LogP contribution in [0.3, 0.4) is 0 Å². The molecule has 0 atom stereocenters. The number of hydrogen-bond acceptors (Lipinski definition) is 6. The van der Waals surface area contributed by atoms with Crippen LogP contribution in [0.1, 0.15) is 37.0 Å². The predicted molar refractivity (Wildman–Crippen MR) is 110 cm³/mol. The van der Waals surface area contributed by atoms with Crippen LogP contribution in [0.5, 0.6) is 5.75 Å². The number of oxazole rings is 1. The number of rotatable bonds is 5. The number of fused-ring (bicyclic) bond motifs is 1. The number of methoxy groups -OCH3 is 1. The van der Waals surface area contributed by atoms with Crippen molar-refractivity contribution in [2.75, 3.05) is 12.4 Å². The molecule has 2 aromatic carbocycles. The molecule has 0 aliphatic heterocycles. The van der Waals surface area contributed by atoms with E-state index in [1.165, 1.54) is 25.3 Å². The number of aromatic nitrogens is 1. The van der Waals surface area contributed by atoms with E-state index in [4.69, 9.17) is 9.15 Å². The van der Waals surface area contributed by atoms with Gasteiger partial charge in [-0.25, -0.2) is 18.1 Å². The smallest absolute Gasteiger partial charge is 0.255 e. The summed E-state index contributed by atoms with van der Waals surface area (Å²) in [5, 5.41) is 2.75. The van der Waals surface area contributed by atoms with Crippen molar-refractivity contribution >= 4 is 32.7 Å². The summed E-state index contributed by atoms with van der Waals surface area (Å²) < 4.78 is 38.7. The van der Waals surface area contributed by atoms with Crippen LogP contribution in [0.2, 0.25) is 0 Å². The zero-order valence-corrected chi connectivity index (χ0v) is 17.7. The number of aryl methyl sites for hydroxylation is 1. The molecule has 0 radical (unpaired) electrons. The van der Waals surface area contributed by atoms with Crippen molar-refractivity contribution in [2.45, 2.75) is 38.1 Å². The van der Waals surface area contributed by atoms with E-state index in [0.717, 1.165) is 0 Å². The van der Waals surface area contributed by atoms with Crippen LogP contribution >= 0.6 is 0 Å². The molecule has 1 heterocycles. The Balaban J connectivity index is 1.92. The van der Waals surface area contributed by atoms with Gasteiger partial charge in [-0.15, -0.1) is 0 Å². The standard InChI is InChI=1S/C20H23N3O5S/c1-12-21-15-11-14(7-9-16(15)28-12)22-19(24)13-6-8-17(27-5)18(10-13)29(25,26)23-20(2,3)4/h6-11,23H,1-5H3,(H,22,24). The molecule has 29 heavy (non-hydrogen) atoms. The Morgan fingerprint density at radius 3 is 2.52 bits per heavy atom. The van der Waals surface area contributed by atoms with Gasteiger partial charge in [-0.1, -0.05) is 0 Å². The van der Waals surface area contributed by atoms with E-state index < -0.39 is 21.5 Å². The number of carbonyl (C=O) groups excluding carboxylic acids is 1. The third-order valence-corrected chi connectivity index (χ3v) is 5.69. The van der Waals surface area contributed by atoms with Crippen LogP contribution in [-0.4, -0.2) is 32.0 Å². The van der Waals surface area contributed by atoms with Gasteiger partial charge in [0.25, 0.3) is 5.91 Å². The summed E-state index contributed by atoms with van der Waals surface area (Å²) in [5.74, 6) is 0.219. The first kappa shape index (κ1) is 20.8. The Hall–Kier alpha value is -2.91. The normalized spacial score (nSPS) is 12.2. The summed E-state index contributed by atoms with van der Waals surface area (Å²) >= 11 is 0. The molecule has 0 unspecified atom stereocenters. The van der Waals surface area contributed by atoms with Gasteiger partial charge >= 0.3 is 0 Å².